The van der Waals surface area contributed by atoms with Crippen LogP contribution < -0.4 is 10.1 Å². The molecule has 19 heavy (non-hydrogen) atoms. The number of aliphatic hydroxyl groups excluding tert-OH is 1. The first kappa shape index (κ1) is 13.4. The third kappa shape index (κ3) is 3.48. The lowest BCUT2D eigenvalue weighted by Gasteiger charge is -2.15. The molecule has 0 aliphatic heterocycles. The van der Waals surface area contributed by atoms with Gasteiger partial charge in [0.1, 0.15) is 5.75 Å². The topological polar surface area (TPSA) is 41.5 Å². The summed E-state index contributed by atoms with van der Waals surface area (Å²) in [5.74, 6) is 0.783. The van der Waals surface area contributed by atoms with Gasteiger partial charge in [0.25, 0.3) is 0 Å². The van der Waals surface area contributed by atoms with E-state index in [1.54, 1.807) is 7.11 Å². The predicted octanol–water partition coefficient (Wildman–Crippen LogP) is 3.15. The Morgan fingerprint density at radius 3 is 2.58 bits per heavy atom. The third-order valence-electron chi connectivity index (χ3n) is 3.03. The normalized spacial score (nSPS) is 11.9. The first-order valence-corrected chi connectivity index (χ1v) is 6.32. The number of hydrogen-bond acceptors (Lipinski definition) is 3. The summed E-state index contributed by atoms with van der Waals surface area (Å²) in [5, 5.41) is 13.3. The fraction of sp³-hybridized carbons (Fsp3) is 0.250. The van der Waals surface area contributed by atoms with Crippen LogP contribution in [0.1, 0.15) is 17.2 Å². The highest BCUT2D eigenvalue weighted by Crippen LogP contribution is 2.26. The van der Waals surface area contributed by atoms with Crippen LogP contribution in [0.2, 0.25) is 0 Å². The summed E-state index contributed by atoms with van der Waals surface area (Å²) in [4.78, 5) is 0. The summed E-state index contributed by atoms with van der Waals surface area (Å²) in [6.07, 6.45) is -0.536. The van der Waals surface area contributed by atoms with E-state index in [0.717, 1.165) is 22.6 Å². The van der Waals surface area contributed by atoms with Crippen molar-refractivity contribution < 1.29 is 9.84 Å². The quantitative estimate of drug-likeness (QED) is 0.864. The Bertz CT molecular complexity index is 526. The van der Waals surface area contributed by atoms with E-state index in [1.807, 2.05) is 55.5 Å². The third-order valence-corrected chi connectivity index (χ3v) is 3.03. The van der Waals surface area contributed by atoms with E-state index in [9.17, 15) is 5.11 Å². The van der Waals surface area contributed by atoms with Crippen LogP contribution in [0.3, 0.4) is 0 Å². The van der Waals surface area contributed by atoms with E-state index in [4.69, 9.17) is 4.74 Å². The highest BCUT2D eigenvalue weighted by atomic mass is 16.5. The van der Waals surface area contributed by atoms with Crippen LogP contribution in [0.5, 0.6) is 5.75 Å². The molecule has 2 aromatic rings. The summed E-state index contributed by atoms with van der Waals surface area (Å²) in [6, 6.07) is 15.5. The van der Waals surface area contributed by atoms with Gasteiger partial charge in [-0.15, -0.1) is 0 Å². The Labute approximate surface area is 113 Å². The molecule has 1 atom stereocenters. The van der Waals surface area contributed by atoms with Crippen LogP contribution in [0, 0.1) is 6.92 Å². The van der Waals surface area contributed by atoms with Crippen molar-refractivity contribution in [1.29, 1.82) is 0 Å². The molecule has 0 saturated heterocycles. The molecule has 0 aliphatic rings. The minimum absolute atomic E-state index is 0.448. The number of hydrogen-bond donors (Lipinski definition) is 2. The molecule has 0 heterocycles. The highest BCUT2D eigenvalue weighted by Gasteiger charge is 2.08. The lowest BCUT2D eigenvalue weighted by atomic mass is 10.1. The van der Waals surface area contributed by atoms with Gasteiger partial charge >= 0.3 is 0 Å². The molecule has 0 saturated carbocycles. The zero-order chi connectivity index (χ0) is 13.7. The van der Waals surface area contributed by atoms with Crippen LogP contribution in [-0.2, 0) is 0 Å². The number of nitrogens with one attached hydrogen (secondary N) is 1. The van der Waals surface area contributed by atoms with Crippen molar-refractivity contribution >= 4 is 5.69 Å². The van der Waals surface area contributed by atoms with E-state index in [2.05, 4.69) is 5.32 Å². The fourth-order valence-corrected chi connectivity index (χ4v) is 1.96. The number of aryl methyl sites for hydroxylation is 1. The molecule has 2 rings (SSSR count). The second-order valence-electron chi connectivity index (χ2n) is 4.51. The number of benzene rings is 2. The Hall–Kier alpha value is -2.00. The first-order chi connectivity index (χ1) is 9.20. The van der Waals surface area contributed by atoms with Crippen molar-refractivity contribution in [3.63, 3.8) is 0 Å². The average Bonchev–Trinajstić information content (AvgIpc) is 2.46. The van der Waals surface area contributed by atoms with Gasteiger partial charge in [-0.2, -0.15) is 0 Å². The number of ether oxygens (including phenoxy) is 1. The lowest BCUT2D eigenvalue weighted by molar-refractivity contribution is 0.191. The Balaban J connectivity index is 2.04. The van der Waals surface area contributed by atoms with Crippen molar-refractivity contribution in [3.05, 3.63) is 59.7 Å². The molecule has 0 radical (unpaired) electrons. The Morgan fingerprint density at radius 1 is 1.16 bits per heavy atom. The van der Waals surface area contributed by atoms with Gasteiger partial charge in [0, 0.05) is 6.54 Å². The maximum atomic E-state index is 10.1. The lowest BCUT2D eigenvalue weighted by Crippen LogP contribution is -2.12. The molecule has 2 aromatic carbocycles. The maximum Gasteiger partial charge on any atom is 0.141 e. The van der Waals surface area contributed by atoms with Gasteiger partial charge in [0.2, 0.25) is 0 Å². The predicted molar refractivity (Wildman–Crippen MR) is 77.6 cm³/mol. The molecule has 100 valence electrons. The second-order valence-corrected chi connectivity index (χ2v) is 4.51. The fourth-order valence-electron chi connectivity index (χ4n) is 1.96. The Kier molecular flexibility index (Phi) is 4.42. The molecular formula is C16H19NO2. The number of rotatable bonds is 5. The number of methoxy groups -OCH3 is 1. The molecular weight excluding hydrogens is 238 g/mol. The van der Waals surface area contributed by atoms with Crippen molar-refractivity contribution in [2.75, 3.05) is 19.0 Å². The van der Waals surface area contributed by atoms with Crippen molar-refractivity contribution in [2.45, 2.75) is 13.0 Å². The van der Waals surface area contributed by atoms with E-state index in [-0.39, 0.29) is 0 Å². The zero-order valence-corrected chi connectivity index (χ0v) is 11.3. The number of aliphatic hydroxyl groups is 1. The van der Waals surface area contributed by atoms with Crippen molar-refractivity contribution in [1.82, 2.24) is 0 Å². The van der Waals surface area contributed by atoms with Gasteiger partial charge in [-0.25, -0.2) is 0 Å². The van der Waals surface area contributed by atoms with Gasteiger partial charge in [0.15, 0.2) is 0 Å². The minimum Gasteiger partial charge on any atom is -0.495 e. The number of anilines is 1. The standard InChI is InChI=1S/C16H19NO2/c1-12-8-9-16(19-2)14(10-12)17-11-15(18)13-6-4-3-5-7-13/h3-10,15,17-18H,11H2,1-2H3. The summed E-state index contributed by atoms with van der Waals surface area (Å²) in [7, 11) is 1.64. The van der Waals surface area contributed by atoms with Gasteiger partial charge < -0.3 is 15.2 Å². The van der Waals surface area contributed by atoms with E-state index < -0.39 is 6.10 Å². The van der Waals surface area contributed by atoms with Gasteiger partial charge in [0.05, 0.1) is 18.9 Å². The molecule has 0 fully saturated rings. The molecule has 0 aliphatic carbocycles. The molecule has 3 nitrogen and oxygen atoms in total. The summed E-state index contributed by atoms with van der Waals surface area (Å²) >= 11 is 0. The molecule has 0 bridgehead atoms. The van der Waals surface area contributed by atoms with Gasteiger partial charge in [-0.05, 0) is 30.2 Å². The van der Waals surface area contributed by atoms with Crippen molar-refractivity contribution in [3.8, 4) is 5.75 Å². The monoisotopic (exact) mass is 257 g/mol. The van der Waals surface area contributed by atoms with Crippen LogP contribution >= 0.6 is 0 Å². The van der Waals surface area contributed by atoms with E-state index in [0.29, 0.717) is 6.54 Å². The average molecular weight is 257 g/mol. The van der Waals surface area contributed by atoms with E-state index in [1.165, 1.54) is 0 Å². The van der Waals surface area contributed by atoms with Crippen LogP contribution in [0.15, 0.2) is 48.5 Å². The van der Waals surface area contributed by atoms with E-state index >= 15 is 0 Å². The van der Waals surface area contributed by atoms with Gasteiger partial charge in [-0.3, -0.25) is 0 Å². The maximum absolute atomic E-state index is 10.1. The molecule has 3 heteroatoms. The molecule has 0 aromatic heterocycles. The second kappa shape index (κ2) is 6.25. The summed E-state index contributed by atoms with van der Waals surface area (Å²) in [6.45, 7) is 2.47. The zero-order valence-electron chi connectivity index (χ0n) is 11.3. The van der Waals surface area contributed by atoms with Crippen LogP contribution in [-0.4, -0.2) is 18.8 Å². The van der Waals surface area contributed by atoms with Crippen LogP contribution in [0.4, 0.5) is 5.69 Å². The first-order valence-electron chi connectivity index (χ1n) is 6.32. The molecule has 1 unspecified atom stereocenters. The van der Waals surface area contributed by atoms with Gasteiger partial charge in [-0.1, -0.05) is 36.4 Å². The largest absolute Gasteiger partial charge is 0.495 e. The van der Waals surface area contributed by atoms with Crippen molar-refractivity contribution in [2.24, 2.45) is 0 Å². The SMILES string of the molecule is COc1ccc(C)cc1NCC(O)c1ccccc1. The van der Waals surface area contributed by atoms with Crippen LogP contribution in [0.25, 0.3) is 0 Å². The molecule has 2 N–H and O–H groups in total. The highest BCUT2D eigenvalue weighted by molar-refractivity contribution is 5.58. The minimum atomic E-state index is -0.536. The molecule has 0 amide bonds. The molecule has 0 spiro atoms. The smallest absolute Gasteiger partial charge is 0.141 e. The summed E-state index contributed by atoms with van der Waals surface area (Å²) in [5.41, 5.74) is 2.96. The summed E-state index contributed by atoms with van der Waals surface area (Å²) < 4.78 is 5.29. The Morgan fingerprint density at radius 2 is 1.89 bits per heavy atom.